The van der Waals surface area contributed by atoms with Crippen molar-refractivity contribution in [3.05, 3.63) is 59.7 Å². The third kappa shape index (κ3) is 16.8. The van der Waals surface area contributed by atoms with Crippen LogP contribution < -0.4 is 21.3 Å². The van der Waals surface area contributed by atoms with E-state index in [9.17, 15) is 34.2 Å². The van der Waals surface area contributed by atoms with Crippen LogP contribution in [0.1, 0.15) is 98.6 Å². The predicted molar refractivity (Wildman–Crippen MR) is 217 cm³/mol. The first kappa shape index (κ1) is 47.3. The Hall–Kier alpha value is -5.09. The number of aliphatic hydroxyl groups excluding tert-OH is 2. The molecule has 0 spiro atoms. The number of unbranched alkanes of at least 4 members (excludes halogenated alkanes) is 1. The van der Waals surface area contributed by atoms with Crippen LogP contribution in [0.15, 0.2) is 48.5 Å². The van der Waals surface area contributed by atoms with Gasteiger partial charge in [0.15, 0.2) is 0 Å². The molecule has 0 radical (unpaired) electrons. The average molecular weight is 814 g/mol. The van der Waals surface area contributed by atoms with Crippen LogP contribution in [0.3, 0.4) is 0 Å². The van der Waals surface area contributed by atoms with Crippen molar-refractivity contribution in [2.45, 2.75) is 123 Å². The number of aliphatic hydroxyl groups is 2. The van der Waals surface area contributed by atoms with Crippen molar-refractivity contribution in [1.82, 2.24) is 26.2 Å². The maximum Gasteiger partial charge on any atom is 0.410 e. The van der Waals surface area contributed by atoms with Crippen molar-refractivity contribution < 1.29 is 53.1 Å². The van der Waals surface area contributed by atoms with E-state index >= 15 is 0 Å². The van der Waals surface area contributed by atoms with Gasteiger partial charge in [0.25, 0.3) is 0 Å². The van der Waals surface area contributed by atoms with Crippen LogP contribution in [0.25, 0.3) is 11.1 Å². The third-order valence-corrected chi connectivity index (χ3v) is 8.45. The third-order valence-electron chi connectivity index (χ3n) is 8.45. The van der Waals surface area contributed by atoms with Gasteiger partial charge >= 0.3 is 24.4 Å². The summed E-state index contributed by atoms with van der Waals surface area (Å²) in [5.74, 6) is -0.808. The van der Waals surface area contributed by atoms with Gasteiger partial charge in [-0.1, -0.05) is 48.5 Å². The zero-order valence-electron chi connectivity index (χ0n) is 35.3. The topological polar surface area (TPSA) is 214 Å². The number of nitrogens with one attached hydrogen (secondary N) is 4. The number of carbonyl (C=O) groups excluding carboxylic acids is 5. The van der Waals surface area contributed by atoms with Crippen molar-refractivity contribution in [2.24, 2.45) is 0 Å². The molecule has 3 rings (SSSR count). The number of amides is 5. The van der Waals surface area contributed by atoms with Crippen LogP contribution >= 0.6 is 0 Å². The molecule has 2 unspecified atom stereocenters. The smallest absolute Gasteiger partial charge is 0.410 e. The minimum atomic E-state index is -1.32. The average Bonchev–Trinajstić information content (AvgIpc) is 3.42. The van der Waals surface area contributed by atoms with Gasteiger partial charge in [0.1, 0.15) is 29.5 Å². The maximum atomic E-state index is 13.6. The first-order valence-electron chi connectivity index (χ1n) is 19.7. The van der Waals surface area contributed by atoms with Crippen molar-refractivity contribution in [1.29, 1.82) is 0 Å². The summed E-state index contributed by atoms with van der Waals surface area (Å²) < 4.78 is 21.6. The van der Waals surface area contributed by atoms with E-state index in [1.165, 1.54) is 0 Å². The van der Waals surface area contributed by atoms with Crippen molar-refractivity contribution in [3.8, 4) is 11.1 Å². The minimum Gasteiger partial charge on any atom is -0.449 e. The van der Waals surface area contributed by atoms with Crippen molar-refractivity contribution in [2.75, 3.05) is 39.3 Å². The van der Waals surface area contributed by atoms with Crippen LogP contribution in [0.4, 0.5) is 19.2 Å². The molecule has 16 nitrogen and oxygen atoms in total. The van der Waals surface area contributed by atoms with E-state index in [0.717, 1.165) is 27.2 Å². The van der Waals surface area contributed by atoms with E-state index in [1.54, 1.807) is 62.3 Å². The Morgan fingerprint density at radius 1 is 0.655 bits per heavy atom. The van der Waals surface area contributed by atoms with Crippen LogP contribution in [-0.2, 0) is 23.7 Å². The lowest BCUT2D eigenvalue weighted by atomic mass is 9.98. The zero-order chi connectivity index (χ0) is 43.3. The molecule has 1 aliphatic carbocycles. The molecule has 1 aliphatic rings. The summed E-state index contributed by atoms with van der Waals surface area (Å²) >= 11 is 0. The molecule has 2 aromatic rings. The largest absolute Gasteiger partial charge is 0.449 e. The quantitative estimate of drug-likeness (QED) is 0.0904. The summed E-state index contributed by atoms with van der Waals surface area (Å²) in [4.78, 5) is 65.1. The van der Waals surface area contributed by atoms with E-state index in [1.807, 2.05) is 48.5 Å². The zero-order valence-corrected chi connectivity index (χ0v) is 35.3. The van der Waals surface area contributed by atoms with Gasteiger partial charge in [-0.25, -0.2) is 19.2 Å². The fourth-order valence-electron chi connectivity index (χ4n) is 6.07. The summed E-state index contributed by atoms with van der Waals surface area (Å²) in [6.45, 7) is 14.4. The molecule has 0 fully saturated rings. The Morgan fingerprint density at radius 2 is 1.14 bits per heavy atom. The molecule has 16 heteroatoms. The molecule has 0 aromatic heterocycles. The highest BCUT2D eigenvalue weighted by Gasteiger charge is 2.31. The summed E-state index contributed by atoms with van der Waals surface area (Å²) in [5, 5.41) is 32.1. The molecule has 5 amide bonds. The van der Waals surface area contributed by atoms with Crippen LogP contribution in [0.5, 0.6) is 0 Å². The van der Waals surface area contributed by atoms with Gasteiger partial charge in [-0.15, -0.1) is 0 Å². The summed E-state index contributed by atoms with van der Waals surface area (Å²) in [6.07, 6.45) is -4.48. The lowest BCUT2D eigenvalue weighted by Crippen LogP contribution is -2.51. The fourth-order valence-corrected chi connectivity index (χ4v) is 6.07. The standard InChI is InChI=1S/C42H63N5O11/c1-40(2,3)56-36(51)43-21-15-14-20-34(46-38(53)55-26-33-31-18-12-10-16-29(31)30-17-11-13-19-32(30)33)35(50)44-22-27(48)24-47(39(54)58-42(7,8)9)25-28(49)23-45-37(52)57-41(4,5)6/h10-13,16-19,27-28,33-34,48-49H,14-15,20-26H2,1-9H3,(H,43,51)(H,44,50)(H,45,52)(H,46,53)/t27?,28?,34-/m0/s1. The molecule has 0 saturated heterocycles. The second kappa shape index (κ2) is 21.1. The summed E-state index contributed by atoms with van der Waals surface area (Å²) in [5.41, 5.74) is 1.89. The number of fused-ring (bicyclic) bond motifs is 3. The van der Waals surface area contributed by atoms with Gasteiger partial charge in [0.2, 0.25) is 5.91 Å². The minimum absolute atomic E-state index is 0.0341. The Morgan fingerprint density at radius 3 is 1.66 bits per heavy atom. The Bertz CT molecular complexity index is 1650. The molecule has 0 aliphatic heterocycles. The number of rotatable bonds is 17. The highest BCUT2D eigenvalue weighted by molar-refractivity contribution is 5.85. The molecule has 322 valence electrons. The lowest BCUT2D eigenvalue weighted by Gasteiger charge is -2.30. The number of hydrogen-bond acceptors (Lipinski definition) is 11. The second-order valence-electron chi connectivity index (χ2n) is 17.3. The predicted octanol–water partition coefficient (Wildman–Crippen LogP) is 5.19. The van der Waals surface area contributed by atoms with Gasteiger partial charge in [0, 0.05) is 25.6 Å². The van der Waals surface area contributed by atoms with Crippen LogP contribution in [0.2, 0.25) is 0 Å². The Balaban J connectivity index is 1.64. The number of ether oxygens (including phenoxy) is 4. The second-order valence-corrected chi connectivity index (χ2v) is 17.3. The summed E-state index contributed by atoms with van der Waals surface area (Å²) in [7, 11) is 0. The SMILES string of the molecule is CC(C)(C)OC(=O)NCCCC[C@H](NC(=O)OCC1c2ccccc2-c2ccccc21)C(=O)NCC(O)CN(CC(O)CNC(=O)OC(C)(C)C)C(=O)OC(C)(C)C. The van der Waals surface area contributed by atoms with Crippen molar-refractivity contribution in [3.63, 3.8) is 0 Å². The maximum absolute atomic E-state index is 13.6. The van der Waals surface area contributed by atoms with Gasteiger partial charge in [-0.05, 0) is 104 Å². The fraction of sp³-hybridized carbons (Fsp3) is 0.595. The van der Waals surface area contributed by atoms with E-state index in [0.29, 0.717) is 12.8 Å². The molecular weight excluding hydrogens is 750 g/mol. The first-order valence-corrected chi connectivity index (χ1v) is 19.7. The van der Waals surface area contributed by atoms with E-state index in [4.69, 9.17) is 18.9 Å². The normalized spacial score (nSPS) is 14.1. The molecular formula is C42H63N5O11. The van der Waals surface area contributed by atoms with E-state index in [-0.39, 0.29) is 51.7 Å². The number of benzene rings is 2. The van der Waals surface area contributed by atoms with E-state index < -0.39 is 65.3 Å². The molecule has 6 N–H and O–H groups in total. The first-order chi connectivity index (χ1) is 27.0. The summed E-state index contributed by atoms with van der Waals surface area (Å²) in [6, 6.07) is 14.8. The molecule has 3 atom stereocenters. The molecule has 58 heavy (non-hydrogen) atoms. The molecule has 0 saturated carbocycles. The molecule has 2 aromatic carbocycles. The number of carbonyl (C=O) groups is 5. The monoisotopic (exact) mass is 813 g/mol. The van der Waals surface area contributed by atoms with Crippen molar-refractivity contribution >= 4 is 30.3 Å². The Kier molecular flexibility index (Phi) is 17.2. The lowest BCUT2D eigenvalue weighted by molar-refractivity contribution is -0.123. The van der Waals surface area contributed by atoms with E-state index in [2.05, 4.69) is 21.3 Å². The van der Waals surface area contributed by atoms with Gasteiger partial charge in [-0.3, -0.25) is 4.79 Å². The number of nitrogens with zero attached hydrogens (tertiary/aromatic N) is 1. The van der Waals surface area contributed by atoms with Crippen LogP contribution in [0, 0.1) is 0 Å². The Labute approximate surface area is 341 Å². The number of hydrogen-bond donors (Lipinski definition) is 6. The van der Waals surface area contributed by atoms with Crippen LogP contribution in [-0.4, -0.2) is 120 Å². The highest BCUT2D eigenvalue weighted by atomic mass is 16.6. The van der Waals surface area contributed by atoms with Gasteiger partial charge < -0.3 is 55.3 Å². The van der Waals surface area contributed by atoms with Gasteiger partial charge in [-0.2, -0.15) is 0 Å². The molecule has 0 heterocycles. The van der Waals surface area contributed by atoms with Gasteiger partial charge in [0.05, 0.1) is 25.3 Å². The number of alkyl carbamates (subject to hydrolysis) is 3. The highest BCUT2D eigenvalue weighted by Crippen LogP contribution is 2.44. The molecule has 0 bridgehead atoms.